The number of rotatable bonds is 0. The molecule has 1 aliphatic rings. The first kappa shape index (κ1) is 8.32. The minimum Gasteiger partial charge on any atom is -0.303 e. The Morgan fingerprint density at radius 3 is 2.92 bits per heavy atom. The Bertz CT molecular complexity index is 333. The molecule has 3 heteroatoms. The van der Waals surface area contributed by atoms with Gasteiger partial charge in [0.1, 0.15) is 0 Å². The average molecular weight is 289 g/mol. The summed E-state index contributed by atoms with van der Waals surface area (Å²) in [6.07, 6.45) is 4.27. The van der Waals surface area contributed by atoms with Crippen molar-refractivity contribution in [1.82, 2.24) is 0 Å². The van der Waals surface area contributed by atoms with E-state index in [1.165, 1.54) is 11.3 Å². The Kier molecular flexibility index (Phi) is 2.24. The molecule has 1 aromatic carbocycles. The highest BCUT2D eigenvalue weighted by atomic mass is 79.9. The molecule has 0 aromatic heterocycles. The van der Waals surface area contributed by atoms with Crippen LogP contribution in [0.1, 0.15) is 5.56 Å². The van der Waals surface area contributed by atoms with E-state index < -0.39 is 0 Å². The van der Waals surface area contributed by atoms with E-state index in [1.807, 2.05) is 16.1 Å². The van der Waals surface area contributed by atoms with E-state index in [0.717, 1.165) is 11.0 Å². The van der Waals surface area contributed by atoms with Gasteiger partial charge in [0.25, 0.3) is 0 Å². The van der Waals surface area contributed by atoms with E-state index >= 15 is 0 Å². The summed E-state index contributed by atoms with van der Waals surface area (Å²) >= 11 is 7.01. The molecule has 1 aromatic rings. The van der Waals surface area contributed by atoms with E-state index in [2.05, 4.69) is 50.3 Å². The molecule has 0 unspecified atom stereocenters. The maximum absolute atomic E-state index is 3.52. The SMILES string of the molecule is Brc1cccc2c1N(Br)CC=C2. The van der Waals surface area contributed by atoms with Gasteiger partial charge in [0.2, 0.25) is 0 Å². The zero-order valence-electron chi connectivity index (χ0n) is 6.30. The van der Waals surface area contributed by atoms with Gasteiger partial charge in [-0.1, -0.05) is 24.3 Å². The molecule has 0 N–H and O–H groups in total. The largest absolute Gasteiger partial charge is 0.303 e. The van der Waals surface area contributed by atoms with E-state index in [1.54, 1.807) is 0 Å². The predicted octanol–water partition coefficient (Wildman–Crippen LogP) is 3.59. The number of halogens is 2. The summed E-state index contributed by atoms with van der Waals surface area (Å²) in [5, 5.41) is 0. The molecule has 0 radical (unpaired) electrons. The van der Waals surface area contributed by atoms with E-state index in [9.17, 15) is 0 Å². The van der Waals surface area contributed by atoms with Crippen molar-refractivity contribution in [1.29, 1.82) is 0 Å². The van der Waals surface area contributed by atoms with Gasteiger partial charge in [-0.3, -0.25) is 0 Å². The quantitative estimate of drug-likeness (QED) is 0.660. The normalized spacial score (nSPS) is 14.7. The third kappa shape index (κ3) is 1.31. The number of nitrogens with zero attached hydrogens (tertiary/aromatic N) is 1. The Balaban J connectivity index is 2.62. The van der Waals surface area contributed by atoms with Crippen molar-refractivity contribution < 1.29 is 0 Å². The summed E-state index contributed by atoms with van der Waals surface area (Å²) in [6.45, 7) is 0.912. The fourth-order valence-electron chi connectivity index (χ4n) is 1.29. The topological polar surface area (TPSA) is 3.24 Å². The third-order valence-corrected chi connectivity index (χ3v) is 3.11. The molecule has 1 aliphatic heterocycles. The molecule has 1 nitrogen and oxygen atoms in total. The van der Waals surface area contributed by atoms with Gasteiger partial charge in [0.15, 0.2) is 0 Å². The van der Waals surface area contributed by atoms with Gasteiger partial charge < -0.3 is 3.93 Å². The van der Waals surface area contributed by atoms with Crippen molar-refractivity contribution in [2.24, 2.45) is 0 Å². The fourth-order valence-corrected chi connectivity index (χ4v) is 2.68. The first-order valence-electron chi connectivity index (χ1n) is 3.67. The summed E-state index contributed by atoms with van der Waals surface area (Å²) < 4.78 is 3.17. The van der Waals surface area contributed by atoms with Crippen molar-refractivity contribution in [3.05, 3.63) is 34.3 Å². The minimum atomic E-state index is 0.912. The first-order chi connectivity index (χ1) is 5.79. The summed E-state index contributed by atoms with van der Waals surface area (Å²) in [5.41, 5.74) is 2.45. The van der Waals surface area contributed by atoms with Crippen molar-refractivity contribution in [3.63, 3.8) is 0 Å². The lowest BCUT2D eigenvalue weighted by Crippen LogP contribution is -2.13. The first-order valence-corrected chi connectivity index (χ1v) is 5.17. The molecule has 0 fully saturated rings. The Morgan fingerprint density at radius 2 is 2.17 bits per heavy atom. The molecule has 1 heterocycles. The second-order valence-electron chi connectivity index (χ2n) is 2.62. The van der Waals surface area contributed by atoms with Crippen molar-refractivity contribution in [3.8, 4) is 0 Å². The lowest BCUT2D eigenvalue weighted by atomic mass is 10.1. The molecule has 0 saturated carbocycles. The maximum Gasteiger partial charge on any atom is 0.0688 e. The van der Waals surface area contributed by atoms with Crippen LogP contribution in [0.4, 0.5) is 5.69 Å². The highest BCUT2D eigenvalue weighted by Crippen LogP contribution is 2.35. The second kappa shape index (κ2) is 3.23. The summed E-state index contributed by atoms with van der Waals surface area (Å²) in [5.74, 6) is 0. The smallest absolute Gasteiger partial charge is 0.0688 e. The van der Waals surface area contributed by atoms with Gasteiger partial charge in [-0.05, 0) is 27.6 Å². The molecular formula is C9H7Br2N. The molecule has 0 bridgehead atoms. The standard InChI is InChI=1S/C9H7Br2N/c10-8-5-1-3-7-4-2-6-12(11)9(7)8/h1-5H,6H2. The number of benzene rings is 1. The predicted molar refractivity (Wildman–Crippen MR) is 59.4 cm³/mol. The van der Waals surface area contributed by atoms with Crippen LogP contribution in [-0.2, 0) is 0 Å². The molecule has 0 spiro atoms. The highest BCUT2D eigenvalue weighted by Gasteiger charge is 2.12. The monoisotopic (exact) mass is 287 g/mol. The Morgan fingerprint density at radius 1 is 1.33 bits per heavy atom. The molecule has 0 atom stereocenters. The van der Waals surface area contributed by atoms with E-state index in [-0.39, 0.29) is 0 Å². The van der Waals surface area contributed by atoms with Crippen LogP contribution < -0.4 is 3.93 Å². The fraction of sp³-hybridized carbons (Fsp3) is 0.111. The van der Waals surface area contributed by atoms with Gasteiger partial charge in [-0.2, -0.15) is 0 Å². The number of anilines is 1. The van der Waals surface area contributed by atoms with Crippen LogP contribution in [0.3, 0.4) is 0 Å². The van der Waals surface area contributed by atoms with E-state index in [0.29, 0.717) is 0 Å². The average Bonchev–Trinajstić information content (AvgIpc) is 2.04. The molecule has 2 rings (SSSR count). The Hall–Kier alpha value is -0.280. The van der Waals surface area contributed by atoms with Crippen molar-refractivity contribution >= 4 is 43.8 Å². The lowest BCUT2D eigenvalue weighted by molar-refractivity contribution is 1.20. The van der Waals surface area contributed by atoms with Crippen molar-refractivity contribution in [2.45, 2.75) is 0 Å². The number of hydrogen-bond donors (Lipinski definition) is 0. The summed E-state index contributed by atoms with van der Waals surface area (Å²) in [4.78, 5) is 0. The summed E-state index contributed by atoms with van der Waals surface area (Å²) in [7, 11) is 0. The van der Waals surface area contributed by atoms with Crippen LogP contribution in [-0.4, -0.2) is 6.54 Å². The maximum atomic E-state index is 3.52. The molecule has 62 valence electrons. The van der Waals surface area contributed by atoms with Gasteiger partial charge >= 0.3 is 0 Å². The van der Waals surface area contributed by atoms with Crippen LogP contribution in [0.5, 0.6) is 0 Å². The Labute approximate surface area is 88.5 Å². The zero-order valence-corrected chi connectivity index (χ0v) is 9.47. The molecular weight excluding hydrogens is 282 g/mol. The van der Waals surface area contributed by atoms with E-state index in [4.69, 9.17) is 0 Å². The number of para-hydroxylation sites is 1. The van der Waals surface area contributed by atoms with Crippen LogP contribution in [0, 0.1) is 0 Å². The highest BCUT2D eigenvalue weighted by molar-refractivity contribution is 9.11. The van der Waals surface area contributed by atoms with Crippen LogP contribution in [0.2, 0.25) is 0 Å². The number of hydrogen-bond acceptors (Lipinski definition) is 1. The molecule has 0 aliphatic carbocycles. The van der Waals surface area contributed by atoms with Gasteiger partial charge in [-0.15, -0.1) is 0 Å². The van der Waals surface area contributed by atoms with Crippen molar-refractivity contribution in [2.75, 3.05) is 10.5 Å². The van der Waals surface area contributed by atoms with Crippen LogP contribution >= 0.6 is 32.1 Å². The minimum absolute atomic E-state index is 0.912. The number of fused-ring (bicyclic) bond motifs is 1. The van der Waals surface area contributed by atoms with Crippen LogP contribution in [0.25, 0.3) is 6.08 Å². The van der Waals surface area contributed by atoms with Gasteiger partial charge in [0, 0.05) is 11.0 Å². The third-order valence-electron chi connectivity index (χ3n) is 1.82. The van der Waals surface area contributed by atoms with Gasteiger partial charge in [0.05, 0.1) is 21.8 Å². The summed E-state index contributed by atoms with van der Waals surface area (Å²) in [6, 6.07) is 6.19. The lowest BCUT2D eigenvalue weighted by Gasteiger charge is -2.22. The molecule has 12 heavy (non-hydrogen) atoms. The second-order valence-corrected chi connectivity index (χ2v) is 4.34. The van der Waals surface area contributed by atoms with Gasteiger partial charge in [-0.25, -0.2) is 0 Å². The molecule has 0 saturated heterocycles. The molecule has 0 amide bonds. The zero-order chi connectivity index (χ0) is 8.55. The van der Waals surface area contributed by atoms with Crippen LogP contribution in [0.15, 0.2) is 28.7 Å².